The van der Waals surface area contributed by atoms with Crippen molar-refractivity contribution in [3.8, 4) is 0 Å². The van der Waals surface area contributed by atoms with E-state index in [1.54, 1.807) is 6.92 Å². The lowest BCUT2D eigenvalue weighted by Crippen LogP contribution is -2.51. The number of carboxylic acids is 1. The monoisotopic (exact) mass is 296 g/mol. The Kier molecular flexibility index (Phi) is 2.85. The maximum Gasteiger partial charge on any atom is 0.324 e. The maximum absolute atomic E-state index is 12.6. The van der Waals surface area contributed by atoms with Crippen LogP contribution < -0.4 is 0 Å². The molecule has 0 aromatic rings. The van der Waals surface area contributed by atoms with E-state index in [2.05, 4.69) is 0 Å². The summed E-state index contributed by atoms with van der Waals surface area (Å²) in [5, 5.41) is 9.67. The summed E-state index contributed by atoms with van der Waals surface area (Å²) >= 11 is 0. The molecule has 0 radical (unpaired) electrons. The van der Waals surface area contributed by atoms with Crippen LogP contribution in [0.3, 0.4) is 0 Å². The van der Waals surface area contributed by atoms with E-state index in [0.29, 0.717) is 25.4 Å². The minimum atomic E-state index is -1.45. The van der Waals surface area contributed by atoms with Gasteiger partial charge in [0.1, 0.15) is 6.10 Å². The Labute approximate surface area is 122 Å². The van der Waals surface area contributed by atoms with E-state index in [1.165, 1.54) is 0 Å². The maximum atomic E-state index is 12.6. The molecule has 0 aromatic heterocycles. The number of carbonyl (C=O) groups is 2. The average Bonchev–Trinajstić information content (AvgIpc) is 3.32. The van der Waals surface area contributed by atoms with E-state index >= 15 is 0 Å². The van der Waals surface area contributed by atoms with Crippen LogP contribution in [-0.2, 0) is 23.8 Å². The van der Waals surface area contributed by atoms with E-state index in [-0.39, 0.29) is 30.3 Å². The smallest absolute Gasteiger partial charge is 0.324 e. The molecule has 4 aliphatic rings. The molecule has 2 saturated heterocycles. The van der Waals surface area contributed by atoms with E-state index in [4.69, 9.17) is 14.2 Å². The molecule has 2 saturated carbocycles. The number of epoxide rings is 2. The number of rotatable bonds is 3. The zero-order valence-electron chi connectivity index (χ0n) is 12.0. The molecular weight excluding hydrogens is 276 g/mol. The highest BCUT2D eigenvalue weighted by Gasteiger charge is 2.64. The predicted octanol–water partition coefficient (Wildman–Crippen LogP) is 1.12. The molecule has 2 aliphatic heterocycles. The highest BCUT2D eigenvalue weighted by molar-refractivity contribution is 6.00. The van der Waals surface area contributed by atoms with Gasteiger partial charge in [-0.2, -0.15) is 0 Å². The van der Waals surface area contributed by atoms with Gasteiger partial charge in [-0.15, -0.1) is 0 Å². The Morgan fingerprint density at radius 1 is 1.14 bits per heavy atom. The first-order valence-electron chi connectivity index (χ1n) is 7.78. The van der Waals surface area contributed by atoms with Crippen molar-refractivity contribution < 1.29 is 28.9 Å². The molecule has 6 nitrogen and oxygen atoms in total. The largest absolute Gasteiger partial charge is 0.480 e. The van der Waals surface area contributed by atoms with E-state index in [1.807, 2.05) is 0 Å². The zero-order valence-corrected chi connectivity index (χ0v) is 12.0. The molecule has 2 aliphatic carbocycles. The van der Waals surface area contributed by atoms with Gasteiger partial charge in [-0.05, 0) is 25.7 Å². The molecule has 7 unspecified atom stereocenters. The van der Waals surface area contributed by atoms with Crippen molar-refractivity contribution in [2.45, 2.75) is 69.5 Å². The lowest BCUT2D eigenvalue weighted by Gasteiger charge is -2.36. The van der Waals surface area contributed by atoms with E-state index < -0.39 is 17.4 Å². The number of carboxylic acid groups (broad SMARTS) is 1. The van der Waals surface area contributed by atoms with Crippen molar-refractivity contribution >= 4 is 11.9 Å². The molecule has 2 heterocycles. The normalized spacial score (nSPS) is 50.5. The van der Waals surface area contributed by atoms with E-state index in [0.717, 1.165) is 12.8 Å². The third-order valence-corrected chi connectivity index (χ3v) is 5.69. The summed E-state index contributed by atoms with van der Waals surface area (Å²) in [6.45, 7) is 1.79. The summed E-state index contributed by atoms with van der Waals surface area (Å²) in [5.41, 5.74) is -1.45. The van der Waals surface area contributed by atoms with Crippen LogP contribution in [0.4, 0.5) is 0 Å². The summed E-state index contributed by atoms with van der Waals surface area (Å²) in [6.07, 6.45) is 3.64. The molecule has 0 amide bonds. The number of hydrogen-bond donors (Lipinski definition) is 1. The number of hydrogen-bond acceptors (Lipinski definition) is 5. The zero-order chi connectivity index (χ0) is 14.8. The first-order chi connectivity index (χ1) is 10.0. The van der Waals surface area contributed by atoms with Crippen molar-refractivity contribution in [1.29, 1.82) is 0 Å². The van der Waals surface area contributed by atoms with Gasteiger partial charge in [-0.1, -0.05) is 6.92 Å². The third-order valence-electron chi connectivity index (χ3n) is 5.69. The summed E-state index contributed by atoms with van der Waals surface area (Å²) < 4.78 is 16.5. The van der Waals surface area contributed by atoms with Crippen LogP contribution in [0.25, 0.3) is 0 Å². The Hall–Kier alpha value is -1.14. The van der Waals surface area contributed by atoms with Crippen molar-refractivity contribution in [2.75, 3.05) is 0 Å². The fourth-order valence-electron chi connectivity index (χ4n) is 4.11. The minimum absolute atomic E-state index is 0.107. The van der Waals surface area contributed by atoms with Crippen molar-refractivity contribution in [1.82, 2.24) is 0 Å². The van der Waals surface area contributed by atoms with Gasteiger partial charge in [0.05, 0.1) is 24.4 Å². The molecular formula is C15H20O6. The van der Waals surface area contributed by atoms with Gasteiger partial charge in [-0.25, -0.2) is 0 Å². The molecule has 0 aromatic carbocycles. The number of ether oxygens (including phenoxy) is 3. The van der Waals surface area contributed by atoms with Gasteiger partial charge in [-0.3, -0.25) is 9.59 Å². The summed E-state index contributed by atoms with van der Waals surface area (Å²) in [7, 11) is 0. The molecule has 0 spiro atoms. The number of esters is 1. The Bertz CT molecular complexity index is 491. The summed E-state index contributed by atoms with van der Waals surface area (Å²) in [4.78, 5) is 24.5. The molecule has 1 N–H and O–H groups in total. The van der Waals surface area contributed by atoms with Gasteiger partial charge >= 0.3 is 11.9 Å². The third kappa shape index (κ3) is 1.99. The second-order valence-electron chi connectivity index (χ2n) is 6.80. The fourth-order valence-corrected chi connectivity index (χ4v) is 4.11. The Morgan fingerprint density at radius 2 is 1.95 bits per heavy atom. The van der Waals surface area contributed by atoms with Gasteiger partial charge in [0.2, 0.25) is 0 Å². The molecule has 6 heteroatoms. The highest BCUT2D eigenvalue weighted by atomic mass is 16.6. The van der Waals surface area contributed by atoms with Crippen LogP contribution in [0.2, 0.25) is 0 Å². The quantitative estimate of drug-likeness (QED) is 0.477. The SMILES string of the molecule is CC1C2OC2CCC1(C(=O)O)C(=O)OC1CCC2OC2C1. The van der Waals surface area contributed by atoms with Crippen LogP contribution in [0.15, 0.2) is 0 Å². The van der Waals surface area contributed by atoms with Crippen molar-refractivity contribution in [3.63, 3.8) is 0 Å². The fraction of sp³-hybridized carbons (Fsp3) is 0.867. The molecule has 4 fully saturated rings. The molecule has 21 heavy (non-hydrogen) atoms. The lowest BCUT2D eigenvalue weighted by molar-refractivity contribution is -0.179. The second-order valence-corrected chi connectivity index (χ2v) is 6.80. The average molecular weight is 296 g/mol. The second kappa shape index (κ2) is 4.43. The lowest BCUT2D eigenvalue weighted by atomic mass is 9.67. The number of aliphatic carboxylic acids is 1. The van der Waals surface area contributed by atoms with Gasteiger partial charge in [0.25, 0.3) is 0 Å². The van der Waals surface area contributed by atoms with Crippen molar-refractivity contribution in [2.24, 2.45) is 11.3 Å². The van der Waals surface area contributed by atoms with Crippen LogP contribution >= 0.6 is 0 Å². The molecule has 7 atom stereocenters. The minimum Gasteiger partial charge on any atom is -0.480 e. The Balaban J connectivity index is 1.50. The van der Waals surface area contributed by atoms with Crippen LogP contribution in [0, 0.1) is 11.3 Å². The van der Waals surface area contributed by atoms with Gasteiger partial charge < -0.3 is 19.3 Å². The predicted molar refractivity (Wildman–Crippen MR) is 69.5 cm³/mol. The highest BCUT2D eigenvalue weighted by Crippen LogP contribution is 2.52. The summed E-state index contributed by atoms with van der Waals surface area (Å²) in [6, 6.07) is 0. The molecule has 4 rings (SSSR count). The number of fused-ring (bicyclic) bond motifs is 2. The summed E-state index contributed by atoms with van der Waals surface area (Å²) in [5.74, 6) is -2.00. The first-order valence-corrected chi connectivity index (χ1v) is 7.78. The standard InChI is InChI=1S/C15H20O6/c1-7-12-10(21-12)4-5-15(7,13(16)17)14(18)19-8-2-3-9-11(6-8)20-9/h7-12H,2-6H2,1H3,(H,16,17). The van der Waals surface area contributed by atoms with Crippen molar-refractivity contribution in [3.05, 3.63) is 0 Å². The first kappa shape index (κ1) is 13.5. The topological polar surface area (TPSA) is 88.7 Å². The molecule has 0 bridgehead atoms. The van der Waals surface area contributed by atoms with Crippen LogP contribution in [0.5, 0.6) is 0 Å². The van der Waals surface area contributed by atoms with E-state index in [9.17, 15) is 14.7 Å². The van der Waals surface area contributed by atoms with Crippen LogP contribution in [0.1, 0.15) is 39.0 Å². The number of carbonyl (C=O) groups excluding carboxylic acids is 1. The van der Waals surface area contributed by atoms with Crippen LogP contribution in [-0.4, -0.2) is 47.6 Å². The van der Waals surface area contributed by atoms with Gasteiger partial charge in [0.15, 0.2) is 5.41 Å². The Morgan fingerprint density at radius 3 is 2.67 bits per heavy atom. The molecule has 116 valence electrons. The van der Waals surface area contributed by atoms with Gasteiger partial charge in [0, 0.05) is 12.3 Å².